The first-order valence-electron chi connectivity index (χ1n) is 11.8. The molecule has 2 aromatic rings. The van der Waals surface area contributed by atoms with E-state index in [-0.39, 0.29) is 47.8 Å². The van der Waals surface area contributed by atoms with Gasteiger partial charge in [0.1, 0.15) is 18.6 Å². The summed E-state index contributed by atoms with van der Waals surface area (Å²) >= 11 is 5.99. The number of carbonyl (C=O) groups excluding carboxylic acids is 2. The highest BCUT2D eigenvalue weighted by Gasteiger charge is 2.40. The molecule has 3 rings (SSSR count). The van der Waals surface area contributed by atoms with Gasteiger partial charge < -0.3 is 20.2 Å². The number of nitrogens with one attached hydrogen (secondary N) is 1. The minimum absolute atomic E-state index is 0.0131. The van der Waals surface area contributed by atoms with Crippen LogP contribution in [-0.4, -0.2) is 83.8 Å². The molecular formula is C23H30ClN7O6S. The van der Waals surface area contributed by atoms with Crippen LogP contribution in [0.25, 0.3) is 10.8 Å². The SMILES string of the molecule is CC(C)N(CCN=C(N)/[N+]([O-])=N\O)C(=O)C(C)N1CCC(NS(=O)(=O)c2ccc3cc(Cl)ccc3c2)C1=O. The topological polar surface area (TPSA) is 184 Å². The minimum Gasteiger partial charge on any atom is -0.719 e. The summed E-state index contributed by atoms with van der Waals surface area (Å²) in [6, 6.07) is 7.55. The van der Waals surface area contributed by atoms with Gasteiger partial charge in [-0.15, -0.1) is 9.85 Å². The van der Waals surface area contributed by atoms with E-state index in [0.29, 0.717) is 10.4 Å². The molecule has 1 aliphatic heterocycles. The fourth-order valence-electron chi connectivity index (χ4n) is 4.19. The van der Waals surface area contributed by atoms with E-state index in [4.69, 9.17) is 22.5 Å². The van der Waals surface area contributed by atoms with Gasteiger partial charge in [0.15, 0.2) is 0 Å². The summed E-state index contributed by atoms with van der Waals surface area (Å²) < 4.78 is 28.6. The highest BCUT2D eigenvalue weighted by molar-refractivity contribution is 7.89. The molecule has 1 saturated heterocycles. The molecule has 1 aliphatic rings. The van der Waals surface area contributed by atoms with E-state index in [2.05, 4.69) is 15.0 Å². The van der Waals surface area contributed by atoms with Gasteiger partial charge in [0, 0.05) is 17.6 Å². The number of sulfonamides is 1. The number of benzene rings is 2. The van der Waals surface area contributed by atoms with Crippen molar-refractivity contribution in [1.82, 2.24) is 14.5 Å². The number of hydrogen-bond acceptors (Lipinski definition) is 7. The monoisotopic (exact) mass is 567 g/mol. The normalized spacial score (nSPS) is 17.9. The zero-order chi connectivity index (χ0) is 28.2. The Balaban J connectivity index is 1.68. The van der Waals surface area contributed by atoms with Crippen LogP contribution in [0.3, 0.4) is 0 Å². The van der Waals surface area contributed by atoms with Gasteiger partial charge in [0.05, 0.1) is 16.7 Å². The van der Waals surface area contributed by atoms with E-state index < -0.39 is 34.0 Å². The summed E-state index contributed by atoms with van der Waals surface area (Å²) in [6.07, 6.45) is 0.200. The maximum Gasteiger partial charge on any atom is 0.407 e. The molecule has 0 radical (unpaired) electrons. The molecule has 15 heteroatoms. The zero-order valence-electron chi connectivity index (χ0n) is 21.1. The second kappa shape index (κ2) is 11.9. The Labute approximate surface area is 225 Å². The third kappa shape index (κ3) is 6.49. The van der Waals surface area contributed by atoms with Gasteiger partial charge in [0.25, 0.3) is 0 Å². The van der Waals surface area contributed by atoms with Crippen molar-refractivity contribution in [3.05, 3.63) is 46.6 Å². The van der Waals surface area contributed by atoms with E-state index >= 15 is 0 Å². The highest BCUT2D eigenvalue weighted by Crippen LogP contribution is 2.24. The molecule has 1 fully saturated rings. The molecule has 2 unspecified atom stereocenters. The molecule has 4 N–H and O–H groups in total. The number of amides is 2. The lowest BCUT2D eigenvalue weighted by molar-refractivity contribution is -0.445. The van der Waals surface area contributed by atoms with Gasteiger partial charge in [-0.2, -0.15) is 4.72 Å². The largest absolute Gasteiger partial charge is 0.719 e. The highest BCUT2D eigenvalue weighted by atomic mass is 35.5. The average Bonchev–Trinajstić information content (AvgIpc) is 3.23. The van der Waals surface area contributed by atoms with Gasteiger partial charge >= 0.3 is 5.96 Å². The predicted octanol–water partition coefficient (Wildman–Crippen LogP) is 1.66. The van der Waals surface area contributed by atoms with Gasteiger partial charge in [-0.1, -0.05) is 23.7 Å². The molecule has 0 saturated carbocycles. The molecule has 2 amide bonds. The van der Waals surface area contributed by atoms with Crippen LogP contribution in [0.5, 0.6) is 0 Å². The van der Waals surface area contributed by atoms with Gasteiger partial charge in [-0.25, -0.2) is 8.42 Å². The number of hydrogen-bond donors (Lipinski definition) is 3. The molecule has 0 aromatic heterocycles. The molecule has 0 bridgehead atoms. The molecule has 206 valence electrons. The molecule has 0 aliphatic carbocycles. The summed E-state index contributed by atoms with van der Waals surface area (Å²) in [7, 11) is -4.01. The Morgan fingerprint density at radius 3 is 2.61 bits per heavy atom. The maximum absolute atomic E-state index is 13.2. The zero-order valence-corrected chi connectivity index (χ0v) is 22.7. The van der Waals surface area contributed by atoms with E-state index in [1.54, 1.807) is 45.0 Å². The van der Waals surface area contributed by atoms with Crippen LogP contribution in [0.1, 0.15) is 27.2 Å². The lowest BCUT2D eigenvalue weighted by Crippen LogP contribution is -2.52. The number of guanidine groups is 1. The second-order valence-corrected chi connectivity index (χ2v) is 11.2. The van der Waals surface area contributed by atoms with Crippen LogP contribution >= 0.6 is 11.6 Å². The number of likely N-dealkylation sites (tertiary alicyclic amines) is 1. The summed E-state index contributed by atoms with van der Waals surface area (Å²) in [4.78, 5) is 32.7. The smallest absolute Gasteiger partial charge is 0.407 e. The third-order valence-corrected chi connectivity index (χ3v) is 7.95. The van der Waals surface area contributed by atoms with Gasteiger partial charge in [-0.3, -0.25) is 15.3 Å². The number of hydroxylamine groups is 1. The molecule has 2 atom stereocenters. The fraction of sp³-hybridized carbons (Fsp3) is 0.435. The number of halogens is 1. The summed E-state index contributed by atoms with van der Waals surface area (Å²) in [5, 5.41) is 23.9. The number of fused-ring (bicyclic) bond motifs is 1. The third-order valence-electron chi connectivity index (χ3n) is 6.24. The molecular weight excluding hydrogens is 538 g/mol. The second-order valence-electron chi connectivity index (χ2n) is 9.05. The van der Waals surface area contributed by atoms with Crippen molar-refractivity contribution in [2.45, 2.75) is 50.2 Å². The van der Waals surface area contributed by atoms with Crippen LogP contribution in [0.4, 0.5) is 0 Å². The summed E-state index contributed by atoms with van der Waals surface area (Å²) in [5.74, 6) is -1.44. The number of aliphatic imine (C=N–C) groups is 1. The Kier molecular flexibility index (Phi) is 9.12. The number of nitrogens with two attached hydrogens (primary N) is 1. The quantitative estimate of drug-likeness (QED) is 0.135. The molecule has 2 aromatic carbocycles. The Hall–Kier alpha value is -3.49. The molecule has 38 heavy (non-hydrogen) atoms. The van der Waals surface area contributed by atoms with Crippen molar-refractivity contribution in [3.8, 4) is 0 Å². The van der Waals surface area contributed by atoms with Gasteiger partial charge in [-0.05, 0) is 62.2 Å². The van der Waals surface area contributed by atoms with Crippen molar-refractivity contribution < 1.29 is 28.1 Å². The van der Waals surface area contributed by atoms with Gasteiger partial charge in [0.2, 0.25) is 21.8 Å². The maximum atomic E-state index is 13.2. The molecule has 0 spiro atoms. The number of carbonyl (C=O) groups is 2. The standard InChI is InChI=1S/C23H30ClN7O6S/c1-14(2)29(11-9-26-23(25)31(35)28-34)21(32)15(3)30-10-8-20(22(30)33)27-38(36,37)19-7-5-16-12-18(24)6-4-17(16)13-19/h4-7,12-15,20,27,34H,8-11H2,1-3H3,(H2,25,26)/b31-28+. The Morgan fingerprint density at radius 1 is 1.29 bits per heavy atom. The molecule has 1 heterocycles. The van der Waals surface area contributed by atoms with Crippen molar-refractivity contribution >= 4 is 50.2 Å². The van der Waals surface area contributed by atoms with E-state index in [0.717, 1.165) is 5.39 Å². The van der Waals surface area contributed by atoms with Crippen LogP contribution < -0.4 is 10.5 Å². The predicted molar refractivity (Wildman–Crippen MR) is 140 cm³/mol. The lowest BCUT2D eigenvalue weighted by atomic mass is 10.1. The fourth-order valence-corrected chi connectivity index (χ4v) is 5.63. The van der Waals surface area contributed by atoms with Crippen LogP contribution in [-0.2, 0) is 19.6 Å². The first-order chi connectivity index (χ1) is 17.9. The minimum atomic E-state index is -4.01. The van der Waals surface area contributed by atoms with E-state index in [1.165, 1.54) is 21.9 Å². The first kappa shape index (κ1) is 29.1. The van der Waals surface area contributed by atoms with Crippen molar-refractivity contribution in [2.75, 3.05) is 19.6 Å². The number of nitrogens with zero attached hydrogens (tertiary/aromatic N) is 5. The first-order valence-corrected chi connectivity index (χ1v) is 13.7. The number of rotatable bonds is 9. The van der Waals surface area contributed by atoms with E-state index in [9.17, 15) is 23.2 Å². The lowest BCUT2D eigenvalue weighted by Gasteiger charge is -2.32. The summed E-state index contributed by atoms with van der Waals surface area (Å²) in [5.41, 5.74) is 5.38. The summed E-state index contributed by atoms with van der Waals surface area (Å²) in [6.45, 7) is 5.37. The molecule has 13 nitrogen and oxygen atoms in total. The van der Waals surface area contributed by atoms with Crippen molar-refractivity contribution in [2.24, 2.45) is 16.0 Å². The average molecular weight is 568 g/mol. The van der Waals surface area contributed by atoms with Crippen molar-refractivity contribution in [1.29, 1.82) is 0 Å². The Morgan fingerprint density at radius 2 is 1.95 bits per heavy atom. The van der Waals surface area contributed by atoms with Crippen LogP contribution in [0.2, 0.25) is 5.02 Å². The van der Waals surface area contributed by atoms with Crippen molar-refractivity contribution in [3.63, 3.8) is 0 Å². The van der Waals surface area contributed by atoms with Crippen LogP contribution in [0.15, 0.2) is 51.6 Å². The van der Waals surface area contributed by atoms with Crippen LogP contribution in [0, 0.1) is 5.21 Å². The van der Waals surface area contributed by atoms with E-state index in [1.807, 2.05) is 0 Å². The Bertz CT molecular complexity index is 1380.